The minimum atomic E-state index is -1.74. The Labute approximate surface area is 153 Å². The van der Waals surface area contributed by atoms with Crippen LogP contribution < -0.4 is 4.74 Å². The highest BCUT2D eigenvalue weighted by atomic mass is 28.4. The first-order valence-electron chi connectivity index (χ1n) is 8.82. The third-order valence-corrected chi connectivity index (χ3v) is 9.60. The Morgan fingerprint density at radius 2 is 1.84 bits per heavy atom. The van der Waals surface area contributed by atoms with Crippen LogP contribution in [0.15, 0.2) is 36.4 Å². The lowest BCUT2D eigenvalue weighted by Gasteiger charge is -2.36. The molecular weight excluding hydrogens is 332 g/mol. The standard InChI is InChI=1S/C20H32O4Si/c1-15(12-23-25(6,7)20(2,3)4)19-18(24-19)14-22-13-16-8-10-17(21-5)11-9-16/h8-11,18-19H,1,12-14H2,2-7H3/t18-,19-/m1/s1. The molecule has 0 N–H and O–H groups in total. The minimum absolute atomic E-state index is 0.0700. The smallest absolute Gasteiger partial charge is 0.192 e. The molecule has 5 heteroatoms. The molecule has 1 aliphatic rings. The van der Waals surface area contributed by atoms with E-state index in [1.807, 2.05) is 24.3 Å². The van der Waals surface area contributed by atoms with Crippen molar-refractivity contribution in [3.63, 3.8) is 0 Å². The zero-order chi connectivity index (χ0) is 18.7. The van der Waals surface area contributed by atoms with Gasteiger partial charge in [-0.3, -0.25) is 0 Å². The molecule has 140 valence electrons. The first-order chi connectivity index (χ1) is 11.6. The molecule has 0 amide bonds. The van der Waals surface area contributed by atoms with Gasteiger partial charge in [0.05, 0.1) is 26.9 Å². The van der Waals surface area contributed by atoms with Gasteiger partial charge in [-0.1, -0.05) is 39.5 Å². The zero-order valence-electron chi connectivity index (χ0n) is 16.4. The van der Waals surface area contributed by atoms with Crippen LogP contribution in [0, 0.1) is 0 Å². The van der Waals surface area contributed by atoms with Crippen molar-refractivity contribution in [1.29, 1.82) is 0 Å². The maximum absolute atomic E-state index is 6.21. The zero-order valence-corrected chi connectivity index (χ0v) is 17.4. The van der Waals surface area contributed by atoms with Gasteiger partial charge in [-0.05, 0) is 41.4 Å². The molecule has 1 fully saturated rings. The minimum Gasteiger partial charge on any atom is -0.497 e. The Hall–Kier alpha value is -1.14. The molecule has 0 saturated carbocycles. The van der Waals surface area contributed by atoms with Gasteiger partial charge in [-0.25, -0.2) is 0 Å². The highest BCUT2D eigenvalue weighted by Gasteiger charge is 2.43. The molecule has 0 bridgehead atoms. The van der Waals surface area contributed by atoms with Gasteiger partial charge in [0.1, 0.15) is 18.0 Å². The van der Waals surface area contributed by atoms with Crippen LogP contribution >= 0.6 is 0 Å². The van der Waals surface area contributed by atoms with E-state index in [1.54, 1.807) is 7.11 Å². The molecule has 25 heavy (non-hydrogen) atoms. The van der Waals surface area contributed by atoms with Crippen LogP contribution in [0.2, 0.25) is 18.1 Å². The van der Waals surface area contributed by atoms with E-state index in [0.717, 1.165) is 16.9 Å². The average Bonchev–Trinajstić information content (AvgIpc) is 3.32. The fraction of sp³-hybridized carbons (Fsp3) is 0.600. The van der Waals surface area contributed by atoms with E-state index in [4.69, 9.17) is 18.6 Å². The normalized spacial score (nSPS) is 20.4. The Kier molecular flexibility index (Phi) is 6.49. The number of hydrogen-bond donors (Lipinski definition) is 0. The van der Waals surface area contributed by atoms with Crippen LogP contribution in [0.5, 0.6) is 5.75 Å². The molecule has 0 aliphatic carbocycles. The summed E-state index contributed by atoms with van der Waals surface area (Å²) in [5.41, 5.74) is 2.14. The quantitative estimate of drug-likeness (QED) is 0.366. The summed E-state index contributed by atoms with van der Waals surface area (Å²) in [6, 6.07) is 7.90. The molecule has 0 aromatic heterocycles. The highest BCUT2D eigenvalue weighted by molar-refractivity contribution is 6.74. The SMILES string of the molecule is C=C(CO[Si](C)(C)C(C)(C)C)[C@H]1O[C@@H]1COCc1ccc(OC)cc1. The predicted octanol–water partition coefficient (Wildman–Crippen LogP) is 4.56. The fourth-order valence-corrected chi connectivity index (χ4v) is 3.19. The molecule has 1 aromatic carbocycles. The molecule has 1 saturated heterocycles. The van der Waals surface area contributed by atoms with Gasteiger partial charge in [0.25, 0.3) is 0 Å². The van der Waals surface area contributed by atoms with Gasteiger partial charge in [0.2, 0.25) is 0 Å². The summed E-state index contributed by atoms with van der Waals surface area (Å²) in [7, 11) is -0.0786. The van der Waals surface area contributed by atoms with E-state index in [-0.39, 0.29) is 17.2 Å². The average molecular weight is 365 g/mol. The topological polar surface area (TPSA) is 40.2 Å². The van der Waals surface area contributed by atoms with E-state index in [0.29, 0.717) is 19.8 Å². The maximum Gasteiger partial charge on any atom is 0.192 e. The van der Waals surface area contributed by atoms with Crippen molar-refractivity contribution in [2.75, 3.05) is 20.3 Å². The van der Waals surface area contributed by atoms with Crippen LogP contribution in [0.3, 0.4) is 0 Å². The number of epoxide rings is 1. The van der Waals surface area contributed by atoms with E-state index in [1.165, 1.54) is 0 Å². The van der Waals surface area contributed by atoms with Crippen LogP contribution in [-0.4, -0.2) is 40.8 Å². The van der Waals surface area contributed by atoms with Crippen LogP contribution in [0.4, 0.5) is 0 Å². The van der Waals surface area contributed by atoms with E-state index >= 15 is 0 Å². The van der Waals surface area contributed by atoms with E-state index < -0.39 is 8.32 Å². The Morgan fingerprint density at radius 1 is 1.20 bits per heavy atom. The lowest BCUT2D eigenvalue weighted by molar-refractivity contribution is 0.104. The van der Waals surface area contributed by atoms with E-state index in [2.05, 4.69) is 40.4 Å². The second-order valence-corrected chi connectivity index (χ2v) is 13.0. The predicted molar refractivity (Wildman–Crippen MR) is 104 cm³/mol. The molecule has 0 radical (unpaired) electrons. The number of hydrogen-bond acceptors (Lipinski definition) is 4. The van der Waals surface area contributed by atoms with Crippen molar-refractivity contribution in [3.05, 3.63) is 42.0 Å². The first kappa shape index (κ1) is 20.2. The molecule has 1 aromatic rings. The number of methoxy groups -OCH3 is 1. The van der Waals surface area contributed by atoms with Gasteiger partial charge in [-0.15, -0.1) is 0 Å². The van der Waals surface area contributed by atoms with Crippen molar-refractivity contribution < 1.29 is 18.6 Å². The Bertz CT molecular complexity index is 574. The first-order valence-corrected chi connectivity index (χ1v) is 11.7. The molecule has 4 nitrogen and oxygen atoms in total. The Morgan fingerprint density at radius 3 is 2.40 bits per heavy atom. The van der Waals surface area contributed by atoms with Crippen LogP contribution in [-0.2, 0) is 20.5 Å². The molecule has 2 rings (SSSR count). The van der Waals surface area contributed by atoms with Crippen molar-refractivity contribution in [1.82, 2.24) is 0 Å². The van der Waals surface area contributed by atoms with Crippen LogP contribution in [0.1, 0.15) is 26.3 Å². The van der Waals surface area contributed by atoms with Gasteiger partial charge < -0.3 is 18.6 Å². The summed E-state index contributed by atoms with van der Waals surface area (Å²) in [5, 5.41) is 0.207. The third-order valence-electron chi connectivity index (χ3n) is 5.12. The van der Waals surface area contributed by atoms with Gasteiger partial charge in [0, 0.05) is 0 Å². The summed E-state index contributed by atoms with van der Waals surface area (Å²) in [5.74, 6) is 0.854. The molecule has 1 heterocycles. The fourth-order valence-electron chi connectivity index (χ4n) is 2.22. The largest absolute Gasteiger partial charge is 0.497 e. The highest BCUT2D eigenvalue weighted by Crippen LogP contribution is 2.37. The van der Waals surface area contributed by atoms with Gasteiger partial charge in [-0.2, -0.15) is 0 Å². The van der Waals surface area contributed by atoms with Crippen molar-refractivity contribution >= 4 is 8.32 Å². The monoisotopic (exact) mass is 364 g/mol. The molecule has 0 spiro atoms. The van der Waals surface area contributed by atoms with Crippen molar-refractivity contribution in [2.45, 2.75) is 57.7 Å². The molecule has 1 aliphatic heterocycles. The Balaban J connectivity index is 1.67. The number of rotatable bonds is 9. The lowest BCUT2D eigenvalue weighted by atomic mass is 10.2. The van der Waals surface area contributed by atoms with Gasteiger partial charge >= 0.3 is 0 Å². The lowest BCUT2D eigenvalue weighted by Crippen LogP contribution is -2.41. The third kappa shape index (κ3) is 5.68. The summed E-state index contributed by atoms with van der Waals surface area (Å²) >= 11 is 0. The molecular formula is C20H32O4Si. The molecule has 2 atom stereocenters. The second kappa shape index (κ2) is 8.04. The number of benzene rings is 1. The summed E-state index contributed by atoms with van der Waals surface area (Å²) in [4.78, 5) is 0. The summed E-state index contributed by atoms with van der Waals surface area (Å²) in [6.07, 6.45) is 0.175. The summed E-state index contributed by atoms with van der Waals surface area (Å²) in [6.45, 7) is 17.1. The van der Waals surface area contributed by atoms with Crippen LogP contribution in [0.25, 0.3) is 0 Å². The van der Waals surface area contributed by atoms with E-state index in [9.17, 15) is 0 Å². The summed E-state index contributed by atoms with van der Waals surface area (Å²) < 4.78 is 22.8. The van der Waals surface area contributed by atoms with Crippen molar-refractivity contribution in [2.24, 2.45) is 0 Å². The second-order valence-electron chi connectivity index (χ2n) is 8.17. The van der Waals surface area contributed by atoms with Crippen molar-refractivity contribution in [3.8, 4) is 5.75 Å². The molecule has 0 unspecified atom stereocenters. The van der Waals surface area contributed by atoms with Gasteiger partial charge in [0.15, 0.2) is 8.32 Å². The maximum atomic E-state index is 6.21. The number of ether oxygens (including phenoxy) is 3.